The number of amides is 2. The van der Waals surface area contributed by atoms with Gasteiger partial charge in [0.05, 0.1) is 11.8 Å². The number of anilines is 1. The van der Waals surface area contributed by atoms with E-state index in [1.165, 1.54) is 0 Å². The van der Waals surface area contributed by atoms with Gasteiger partial charge in [-0.1, -0.05) is 17.7 Å². The van der Waals surface area contributed by atoms with Crippen molar-refractivity contribution in [1.82, 2.24) is 4.90 Å². The maximum Gasteiger partial charge on any atom is 0.308 e. The normalized spacial score (nSPS) is 24.3. The zero-order valence-electron chi connectivity index (χ0n) is 13.8. The lowest BCUT2D eigenvalue weighted by molar-refractivity contribution is -0.146. The molecule has 2 atom stereocenters. The number of carboxylic acid groups (broad SMARTS) is 1. The van der Waals surface area contributed by atoms with Crippen LogP contribution in [0.5, 0.6) is 0 Å². The monoisotopic (exact) mass is 330 g/mol. The van der Waals surface area contributed by atoms with Crippen molar-refractivity contribution in [2.24, 2.45) is 11.8 Å². The van der Waals surface area contributed by atoms with Gasteiger partial charge in [-0.05, 0) is 31.9 Å². The lowest BCUT2D eigenvalue weighted by Crippen LogP contribution is -2.45. The molecule has 0 saturated carbocycles. The number of rotatable bonds is 3. The first kappa shape index (κ1) is 16.5. The number of hydrogen-bond donors (Lipinski definition) is 1. The fourth-order valence-corrected chi connectivity index (χ4v) is 3.48. The number of hydrogen-bond acceptors (Lipinski definition) is 3. The van der Waals surface area contributed by atoms with Crippen molar-refractivity contribution in [3.63, 3.8) is 0 Å². The van der Waals surface area contributed by atoms with E-state index in [1.54, 1.807) is 9.80 Å². The molecule has 3 rings (SSSR count). The van der Waals surface area contributed by atoms with Gasteiger partial charge in [-0.2, -0.15) is 0 Å². The van der Waals surface area contributed by atoms with Gasteiger partial charge in [-0.15, -0.1) is 0 Å². The van der Waals surface area contributed by atoms with Gasteiger partial charge in [0.2, 0.25) is 11.8 Å². The zero-order valence-corrected chi connectivity index (χ0v) is 13.8. The molecular weight excluding hydrogens is 308 g/mol. The molecule has 6 nitrogen and oxygen atoms in total. The molecule has 24 heavy (non-hydrogen) atoms. The second-order valence-electron chi connectivity index (χ2n) is 6.70. The van der Waals surface area contributed by atoms with Crippen LogP contribution in [0.4, 0.5) is 5.69 Å². The van der Waals surface area contributed by atoms with Crippen LogP contribution >= 0.6 is 0 Å². The molecule has 1 N–H and O–H groups in total. The Morgan fingerprint density at radius 2 is 1.83 bits per heavy atom. The summed E-state index contributed by atoms with van der Waals surface area (Å²) in [5, 5.41) is 9.16. The minimum atomic E-state index is -0.851. The van der Waals surface area contributed by atoms with Gasteiger partial charge >= 0.3 is 5.97 Å². The molecule has 0 unspecified atom stereocenters. The highest BCUT2D eigenvalue weighted by atomic mass is 16.4. The van der Waals surface area contributed by atoms with Crippen LogP contribution in [-0.2, 0) is 14.4 Å². The number of benzene rings is 1. The van der Waals surface area contributed by atoms with Gasteiger partial charge in [0, 0.05) is 31.7 Å². The van der Waals surface area contributed by atoms with E-state index >= 15 is 0 Å². The Kier molecular flexibility index (Phi) is 4.55. The minimum absolute atomic E-state index is 0.0519. The van der Waals surface area contributed by atoms with Crippen LogP contribution in [0.1, 0.15) is 24.8 Å². The van der Waals surface area contributed by atoms with E-state index in [4.69, 9.17) is 5.11 Å². The molecule has 0 aliphatic carbocycles. The molecule has 2 fully saturated rings. The molecule has 2 amide bonds. The Hall–Kier alpha value is -2.37. The second kappa shape index (κ2) is 6.63. The fourth-order valence-electron chi connectivity index (χ4n) is 3.48. The third-order valence-electron chi connectivity index (χ3n) is 4.90. The summed E-state index contributed by atoms with van der Waals surface area (Å²) in [6.45, 7) is 3.19. The molecular formula is C18H22N2O4. The van der Waals surface area contributed by atoms with E-state index < -0.39 is 11.9 Å². The van der Waals surface area contributed by atoms with Gasteiger partial charge in [-0.25, -0.2) is 0 Å². The van der Waals surface area contributed by atoms with Crippen molar-refractivity contribution in [2.75, 3.05) is 24.5 Å². The third kappa shape index (κ3) is 3.27. The summed E-state index contributed by atoms with van der Waals surface area (Å²) in [6, 6.07) is 7.67. The number of carboxylic acids is 1. The van der Waals surface area contributed by atoms with Gasteiger partial charge in [0.1, 0.15) is 0 Å². The summed E-state index contributed by atoms with van der Waals surface area (Å²) in [4.78, 5) is 39.4. The van der Waals surface area contributed by atoms with E-state index in [2.05, 4.69) is 0 Å². The molecule has 0 spiro atoms. The molecule has 1 aromatic carbocycles. The molecule has 2 heterocycles. The highest BCUT2D eigenvalue weighted by Crippen LogP contribution is 2.28. The summed E-state index contributed by atoms with van der Waals surface area (Å²) < 4.78 is 0. The molecule has 0 bridgehead atoms. The summed E-state index contributed by atoms with van der Waals surface area (Å²) >= 11 is 0. The maximum atomic E-state index is 12.7. The predicted octanol–water partition coefficient (Wildman–Crippen LogP) is 1.67. The summed E-state index contributed by atoms with van der Waals surface area (Å²) in [5.74, 6) is -1.87. The van der Waals surface area contributed by atoms with Crippen molar-refractivity contribution >= 4 is 23.5 Å². The first-order valence-electron chi connectivity index (χ1n) is 8.34. The SMILES string of the molecule is Cc1ccc(N2C[C@H](C(=O)N3CCC[C@@H](C(=O)O)C3)CC2=O)cc1. The molecule has 128 valence electrons. The number of piperidine rings is 1. The van der Waals surface area contributed by atoms with E-state index in [9.17, 15) is 14.4 Å². The Morgan fingerprint density at radius 3 is 2.50 bits per heavy atom. The summed E-state index contributed by atoms with van der Waals surface area (Å²) in [5.41, 5.74) is 1.93. The van der Waals surface area contributed by atoms with E-state index in [1.807, 2.05) is 31.2 Å². The van der Waals surface area contributed by atoms with Gasteiger partial charge in [0.15, 0.2) is 0 Å². The largest absolute Gasteiger partial charge is 0.481 e. The molecule has 6 heteroatoms. The Bertz CT molecular complexity index is 655. The molecule has 0 radical (unpaired) electrons. The predicted molar refractivity (Wildman–Crippen MR) is 88.6 cm³/mol. The maximum absolute atomic E-state index is 12.7. The number of aliphatic carboxylic acids is 1. The lowest BCUT2D eigenvalue weighted by Gasteiger charge is -2.32. The quantitative estimate of drug-likeness (QED) is 0.914. The van der Waals surface area contributed by atoms with Gasteiger partial charge in [-0.3, -0.25) is 14.4 Å². The van der Waals surface area contributed by atoms with Crippen LogP contribution in [0.2, 0.25) is 0 Å². The average Bonchev–Trinajstić information content (AvgIpc) is 2.97. The van der Waals surface area contributed by atoms with Crippen LogP contribution in [0, 0.1) is 18.8 Å². The number of carbonyl (C=O) groups excluding carboxylic acids is 2. The van der Waals surface area contributed by atoms with E-state index in [0.717, 1.165) is 11.3 Å². The summed E-state index contributed by atoms with van der Waals surface area (Å²) in [7, 11) is 0. The number of aryl methyl sites for hydroxylation is 1. The van der Waals surface area contributed by atoms with Crippen LogP contribution < -0.4 is 4.90 Å². The zero-order chi connectivity index (χ0) is 17.3. The number of likely N-dealkylation sites (tertiary alicyclic amines) is 1. The van der Waals surface area contributed by atoms with Crippen molar-refractivity contribution < 1.29 is 19.5 Å². The van der Waals surface area contributed by atoms with E-state index in [-0.39, 0.29) is 30.7 Å². The Balaban J connectivity index is 1.67. The van der Waals surface area contributed by atoms with Gasteiger partial charge in [0.25, 0.3) is 0 Å². The first-order chi connectivity index (χ1) is 11.5. The van der Waals surface area contributed by atoms with Crippen LogP contribution in [0.15, 0.2) is 24.3 Å². The smallest absolute Gasteiger partial charge is 0.308 e. The van der Waals surface area contributed by atoms with Crippen molar-refractivity contribution in [2.45, 2.75) is 26.2 Å². The lowest BCUT2D eigenvalue weighted by atomic mass is 9.96. The molecule has 2 aliphatic heterocycles. The van der Waals surface area contributed by atoms with Crippen LogP contribution in [0.25, 0.3) is 0 Å². The fraction of sp³-hybridized carbons (Fsp3) is 0.500. The van der Waals surface area contributed by atoms with Crippen molar-refractivity contribution in [1.29, 1.82) is 0 Å². The Morgan fingerprint density at radius 1 is 1.12 bits per heavy atom. The molecule has 0 aromatic heterocycles. The first-order valence-corrected chi connectivity index (χ1v) is 8.34. The average molecular weight is 330 g/mol. The third-order valence-corrected chi connectivity index (χ3v) is 4.90. The number of nitrogens with zero attached hydrogens (tertiary/aromatic N) is 2. The van der Waals surface area contributed by atoms with E-state index in [0.29, 0.717) is 25.9 Å². The Labute approximate surface area is 141 Å². The second-order valence-corrected chi connectivity index (χ2v) is 6.70. The van der Waals surface area contributed by atoms with Crippen molar-refractivity contribution in [3.8, 4) is 0 Å². The van der Waals surface area contributed by atoms with Crippen LogP contribution in [-0.4, -0.2) is 47.4 Å². The molecule has 1 aromatic rings. The summed E-state index contributed by atoms with van der Waals surface area (Å²) in [6.07, 6.45) is 1.50. The van der Waals surface area contributed by atoms with Crippen molar-refractivity contribution in [3.05, 3.63) is 29.8 Å². The topological polar surface area (TPSA) is 77.9 Å². The standard InChI is InChI=1S/C18H22N2O4/c1-12-4-6-15(7-5-12)20-11-14(9-16(20)21)17(22)19-8-2-3-13(10-19)18(23)24/h4-7,13-14H,2-3,8-11H2,1H3,(H,23,24)/t13-,14-/m1/s1. The molecule has 2 saturated heterocycles. The molecule has 2 aliphatic rings. The number of carbonyl (C=O) groups is 3. The minimum Gasteiger partial charge on any atom is -0.481 e. The van der Waals surface area contributed by atoms with Gasteiger partial charge < -0.3 is 14.9 Å². The van der Waals surface area contributed by atoms with Crippen LogP contribution in [0.3, 0.4) is 0 Å². The highest BCUT2D eigenvalue weighted by molar-refractivity contribution is 6.00. The highest BCUT2D eigenvalue weighted by Gasteiger charge is 2.39.